The van der Waals surface area contributed by atoms with Crippen molar-refractivity contribution in [2.24, 2.45) is 5.92 Å². The maximum atomic E-state index is 12.4. The molecule has 0 N–H and O–H groups in total. The number of esters is 2. The van der Waals surface area contributed by atoms with Crippen LogP contribution in [0.4, 0.5) is 0 Å². The van der Waals surface area contributed by atoms with E-state index < -0.39 is 11.9 Å². The van der Waals surface area contributed by atoms with Gasteiger partial charge in [-0.1, -0.05) is 51.2 Å². The first-order valence-corrected chi connectivity index (χ1v) is 9.15. The van der Waals surface area contributed by atoms with E-state index in [2.05, 4.69) is 6.92 Å². The SMILES string of the molecule is CCCCCOC(=O)c1ccccc1C(=O)OCC1CCCCC1. The number of rotatable bonds is 8. The molecule has 4 nitrogen and oxygen atoms in total. The van der Waals surface area contributed by atoms with Crippen molar-refractivity contribution in [2.75, 3.05) is 13.2 Å². The van der Waals surface area contributed by atoms with Crippen molar-refractivity contribution >= 4 is 11.9 Å². The Morgan fingerprint density at radius 1 is 0.958 bits per heavy atom. The zero-order chi connectivity index (χ0) is 17.2. The fourth-order valence-corrected chi connectivity index (χ4v) is 3.06. The van der Waals surface area contributed by atoms with Crippen LogP contribution in [-0.4, -0.2) is 25.2 Å². The molecule has 0 bridgehead atoms. The first kappa shape index (κ1) is 18.5. The molecular weight excluding hydrogens is 304 g/mol. The quantitative estimate of drug-likeness (QED) is 0.508. The molecule has 132 valence electrons. The summed E-state index contributed by atoms with van der Waals surface area (Å²) >= 11 is 0. The van der Waals surface area contributed by atoms with E-state index in [9.17, 15) is 9.59 Å². The summed E-state index contributed by atoms with van der Waals surface area (Å²) in [6, 6.07) is 6.73. The molecule has 0 aliphatic heterocycles. The van der Waals surface area contributed by atoms with Crippen molar-refractivity contribution in [3.63, 3.8) is 0 Å². The van der Waals surface area contributed by atoms with Gasteiger partial charge in [-0.3, -0.25) is 0 Å². The first-order valence-electron chi connectivity index (χ1n) is 9.15. The van der Waals surface area contributed by atoms with Gasteiger partial charge in [-0.05, 0) is 37.3 Å². The highest BCUT2D eigenvalue weighted by atomic mass is 16.5. The van der Waals surface area contributed by atoms with E-state index in [-0.39, 0.29) is 0 Å². The lowest BCUT2D eigenvalue weighted by molar-refractivity contribution is 0.0390. The van der Waals surface area contributed by atoms with Crippen molar-refractivity contribution in [2.45, 2.75) is 58.3 Å². The summed E-state index contributed by atoms with van der Waals surface area (Å²) in [5.41, 5.74) is 0.594. The molecule has 1 saturated carbocycles. The van der Waals surface area contributed by atoms with Gasteiger partial charge >= 0.3 is 11.9 Å². The van der Waals surface area contributed by atoms with Crippen LogP contribution in [0.1, 0.15) is 79.0 Å². The van der Waals surface area contributed by atoms with Crippen molar-refractivity contribution < 1.29 is 19.1 Å². The monoisotopic (exact) mass is 332 g/mol. The Labute approximate surface area is 144 Å². The molecule has 0 aromatic heterocycles. The molecule has 1 aromatic carbocycles. The summed E-state index contributed by atoms with van der Waals surface area (Å²) in [5.74, 6) is -0.422. The minimum atomic E-state index is -0.448. The summed E-state index contributed by atoms with van der Waals surface area (Å²) in [4.78, 5) is 24.6. The zero-order valence-corrected chi connectivity index (χ0v) is 14.6. The summed E-state index contributed by atoms with van der Waals surface area (Å²) < 4.78 is 10.7. The van der Waals surface area contributed by atoms with Crippen LogP contribution in [0, 0.1) is 5.92 Å². The van der Waals surface area contributed by atoms with Crippen molar-refractivity contribution in [1.82, 2.24) is 0 Å². The molecule has 1 aliphatic rings. The highest BCUT2D eigenvalue weighted by Crippen LogP contribution is 2.24. The number of unbranched alkanes of at least 4 members (excludes halogenated alkanes) is 2. The van der Waals surface area contributed by atoms with Crippen LogP contribution in [0.15, 0.2) is 24.3 Å². The van der Waals surface area contributed by atoms with Gasteiger partial charge in [0.2, 0.25) is 0 Å². The van der Waals surface area contributed by atoms with Gasteiger partial charge in [0.15, 0.2) is 0 Å². The lowest BCUT2D eigenvalue weighted by Gasteiger charge is -2.21. The molecule has 4 heteroatoms. The average Bonchev–Trinajstić information content (AvgIpc) is 2.64. The highest BCUT2D eigenvalue weighted by Gasteiger charge is 2.21. The largest absolute Gasteiger partial charge is 0.462 e. The number of carbonyl (C=O) groups excluding carboxylic acids is 2. The van der Waals surface area contributed by atoms with E-state index in [0.717, 1.165) is 32.1 Å². The van der Waals surface area contributed by atoms with Gasteiger partial charge in [0.1, 0.15) is 0 Å². The Bertz CT molecular complexity index is 532. The summed E-state index contributed by atoms with van der Waals surface area (Å²) in [6.07, 6.45) is 8.88. The third-order valence-corrected chi connectivity index (χ3v) is 4.52. The van der Waals surface area contributed by atoms with E-state index >= 15 is 0 Å². The van der Waals surface area contributed by atoms with E-state index in [1.165, 1.54) is 19.3 Å². The second kappa shape index (κ2) is 10.1. The van der Waals surface area contributed by atoms with E-state index in [4.69, 9.17) is 9.47 Å². The predicted octanol–water partition coefficient (Wildman–Crippen LogP) is 4.77. The molecule has 0 radical (unpaired) electrons. The van der Waals surface area contributed by atoms with Crippen LogP contribution in [0.2, 0.25) is 0 Å². The minimum Gasteiger partial charge on any atom is -0.462 e. The fraction of sp³-hybridized carbons (Fsp3) is 0.600. The van der Waals surface area contributed by atoms with Gasteiger partial charge < -0.3 is 9.47 Å². The highest BCUT2D eigenvalue weighted by molar-refractivity contribution is 6.03. The summed E-state index contributed by atoms with van der Waals surface area (Å²) in [5, 5.41) is 0. The van der Waals surface area contributed by atoms with E-state index in [1.807, 2.05) is 0 Å². The predicted molar refractivity (Wildman–Crippen MR) is 93.1 cm³/mol. The Hall–Kier alpha value is -1.84. The van der Waals surface area contributed by atoms with Gasteiger partial charge in [-0.15, -0.1) is 0 Å². The Morgan fingerprint density at radius 3 is 2.21 bits per heavy atom. The molecular formula is C20H28O4. The number of hydrogen-bond acceptors (Lipinski definition) is 4. The Morgan fingerprint density at radius 2 is 1.58 bits per heavy atom. The Kier molecular flexibility index (Phi) is 7.80. The second-order valence-electron chi connectivity index (χ2n) is 6.49. The molecule has 0 heterocycles. The van der Waals surface area contributed by atoms with Crippen LogP contribution in [0.3, 0.4) is 0 Å². The maximum Gasteiger partial charge on any atom is 0.339 e. The molecule has 1 aromatic rings. The average molecular weight is 332 g/mol. The van der Waals surface area contributed by atoms with Crippen molar-refractivity contribution in [3.05, 3.63) is 35.4 Å². The lowest BCUT2D eigenvalue weighted by atomic mass is 9.90. The normalized spacial score (nSPS) is 15.0. The van der Waals surface area contributed by atoms with Crippen LogP contribution < -0.4 is 0 Å². The first-order chi connectivity index (χ1) is 11.7. The lowest BCUT2D eigenvalue weighted by Crippen LogP contribution is -2.19. The minimum absolute atomic E-state index is 0.294. The van der Waals surface area contributed by atoms with Crippen LogP contribution in [0.25, 0.3) is 0 Å². The third kappa shape index (κ3) is 5.66. The van der Waals surface area contributed by atoms with Gasteiger partial charge in [-0.2, -0.15) is 0 Å². The fourth-order valence-electron chi connectivity index (χ4n) is 3.06. The third-order valence-electron chi connectivity index (χ3n) is 4.52. The van der Waals surface area contributed by atoms with Crippen molar-refractivity contribution in [1.29, 1.82) is 0 Å². The molecule has 0 spiro atoms. The van der Waals surface area contributed by atoms with Crippen LogP contribution in [-0.2, 0) is 9.47 Å². The molecule has 0 saturated heterocycles. The Balaban J connectivity index is 1.91. The van der Waals surface area contributed by atoms with Crippen LogP contribution in [0.5, 0.6) is 0 Å². The number of hydrogen-bond donors (Lipinski definition) is 0. The molecule has 0 unspecified atom stereocenters. The summed E-state index contributed by atoms with van der Waals surface area (Å²) in [6.45, 7) is 2.93. The van der Waals surface area contributed by atoms with Gasteiger partial charge in [0.05, 0.1) is 24.3 Å². The van der Waals surface area contributed by atoms with Crippen LogP contribution >= 0.6 is 0 Å². The molecule has 0 atom stereocenters. The second-order valence-corrected chi connectivity index (χ2v) is 6.49. The van der Waals surface area contributed by atoms with Gasteiger partial charge in [0, 0.05) is 0 Å². The van der Waals surface area contributed by atoms with Gasteiger partial charge in [0.25, 0.3) is 0 Å². The zero-order valence-electron chi connectivity index (χ0n) is 14.6. The molecule has 0 amide bonds. The van der Waals surface area contributed by atoms with Crippen molar-refractivity contribution in [3.8, 4) is 0 Å². The van der Waals surface area contributed by atoms with Gasteiger partial charge in [-0.25, -0.2) is 9.59 Å². The number of ether oxygens (including phenoxy) is 2. The summed E-state index contributed by atoms with van der Waals surface area (Å²) in [7, 11) is 0. The standard InChI is InChI=1S/C20H28O4/c1-2-3-9-14-23-19(21)17-12-7-8-13-18(17)20(22)24-15-16-10-5-4-6-11-16/h7-8,12-13,16H,2-6,9-11,14-15H2,1H3. The molecule has 1 fully saturated rings. The molecule has 2 rings (SSSR count). The topological polar surface area (TPSA) is 52.6 Å². The number of benzene rings is 1. The van der Waals surface area contributed by atoms with E-state index in [1.54, 1.807) is 24.3 Å². The number of carbonyl (C=O) groups is 2. The molecule has 24 heavy (non-hydrogen) atoms. The van der Waals surface area contributed by atoms with E-state index in [0.29, 0.717) is 30.3 Å². The maximum absolute atomic E-state index is 12.4. The smallest absolute Gasteiger partial charge is 0.339 e. The molecule has 1 aliphatic carbocycles.